The third-order valence-corrected chi connectivity index (χ3v) is 3.05. The van der Waals surface area contributed by atoms with Crippen LogP contribution in [-0.4, -0.2) is 20.2 Å². The number of rotatable bonds is 2. The normalized spacial score (nSPS) is 12.8. The highest BCUT2D eigenvalue weighted by atomic mass is 79.9. The molecule has 0 aliphatic rings. The number of hydrogen-bond acceptors (Lipinski definition) is 3. The largest absolute Gasteiger partial charge is 0.195 e. The second-order valence-corrected chi connectivity index (χ2v) is 5.11. The van der Waals surface area contributed by atoms with E-state index in [4.69, 9.17) is 23.2 Å². The average Bonchev–Trinajstić information content (AvgIpc) is 2.66. The number of benzene rings is 1. The van der Waals surface area contributed by atoms with Gasteiger partial charge in [0.05, 0.1) is 11.1 Å². The van der Waals surface area contributed by atoms with E-state index in [0.29, 0.717) is 10.8 Å². The third kappa shape index (κ3) is 2.21. The van der Waals surface area contributed by atoms with E-state index in [1.165, 1.54) is 0 Å². The van der Waals surface area contributed by atoms with Gasteiger partial charge in [-0.3, -0.25) is 0 Å². The molecule has 0 spiro atoms. The molecule has 1 aromatic carbocycles. The lowest BCUT2D eigenvalue weighted by Gasteiger charge is -2.07. The predicted octanol–water partition coefficient (Wildman–Crippen LogP) is 3.38. The molecule has 0 radical (unpaired) electrons. The summed E-state index contributed by atoms with van der Waals surface area (Å²) in [6, 6.07) is 5.37. The summed E-state index contributed by atoms with van der Waals surface area (Å²) in [7, 11) is 0. The molecule has 2 aromatic rings. The number of tetrazole rings is 1. The van der Waals surface area contributed by atoms with Crippen molar-refractivity contribution in [2.75, 3.05) is 0 Å². The summed E-state index contributed by atoms with van der Waals surface area (Å²) in [5.41, 5.74) is 0.803. The van der Waals surface area contributed by atoms with E-state index in [1.807, 2.05) is 13.0 Å². The van der Waals surface area contributed by atoms with Crippen LogP contribution in [0, 0.1) is 0 Å². The van der Waals surface area contributed by atoms with Gasteiger partial charge >= 0.3 is 0 Å². The maximum Gasteiger partial charge on any atom is 0.174 e. The summed E-state index contributed by atoms with van der Waals surface area (Å²) < 4.78 is 2.39. The molecular formula is C9H7BrCl2N4. The van der Waals surface area contributed by atoms with Crippen molar-refractivity contribution in [1.29, 1.82) is 0 Å². The molecule has 16 heavy (non-hydrogen) atoms. The van der Waals surface area contributed by atoms with Crippen LogP contribution in [0.2, 0.25) is 5.02 Å². The number of halogens is 3. The van der Waals surface area contributed by atoms with Crippen molar-refractivity contribution in [2.24, 2.45) is 0 Å². The minimum Gasteiger partial charge on any atom is -0.195 e. The molecular weight excluding hydrogens is 315 g/mol. The Morgan fingerprint density at radius 3 is 2.81 bits per heavy atom. The van der Waals surface area contributed by atoms with E-state index in [0.717, 1.165) is 10.2 Å². The Morgan fingerprint density at radius 1 is 1.44 bits per heavy atom. The lowest BCUT2D eigenvalue weighted by atomic mass is 10.3. The van der Waals surface area contributed by atoms with E-state index in [2.05, 4.69) is 31.5 Å². The quantitative estimate of drug-likeness (QED) is 0.796. The van der Waals surface area contributed by atoms with Crippen LogP contribution in [0.1, 0.15) is 18.1 Å². The smallest absolute Gasteiger partial charge is 0.174 e. The van der Waals surface area contributed by atoms with Gasteiger partial charge in [-0.05, 0) is 51.5 Å². The summed E-state index contributed by atoms with van der Waals surface area (Å²) >= 11 is 15.3. The Balaban J connectivity index is 2.54. The molecule has 0 bridgehead atoms. The van der Waals surface area contributed by atoms with Crippen molar-refractivity contribution in [3.8, 4) is 5.69 Å². The molecule has 0 saturated carbocycles. The van der Waals surface area contributed by atoms with Crippen molar-refractivity contribution in [2.45, 2.75) is 12.3 Å². The maximum atomic E-state index is 5.98. The van der Waals surface area contributed by atoms with Crippen LogP contribution in [-0.2, 0) is 0 Å². The van der Waals surface area contributed by atoms with Crippen molar-refractivity contribution >= 4 is 39.1 Å². The van der Waals surface area contributed by atoms with E-state index in [1.54, 1.807) is 16.8 Å². The zero-order valence-electron chi connectivity index (χ0n) is 8.23. The van der Waals surface area contributed by atoms with Gasteiger partial charge in [0.25, 0.3) is 0 Å². The van der Waals surface area contributed by atoms with E-state index >= 15 is 0 Å². The lowest BCUT2D eigenvalue weighted by molar-refractivity contribution is 0.758. The Labute approximate surface area is 111 Å². The zero-order chi connectivity index (χ0) is 11.7. The molecule has 2 rings (SSSR count). The van der Waals surface area contributed by atoms with Crippen LogP contribution < -0.4 is 0 Å². The molecule has 1 aromatic heterocycles. The Kier molecular flexibility index (Phi) is 3.47. The van der Waals surface area contributed by atoms with E-state index in [-0.39, 0.29) is 5.38 Å². The van der Waals surface area contributed by atoms with Crippen LogP contribution in [0.4, 0.5) is 0 Å². The van der Waals surface area contributed by atoms with Crippen LogP contribution in [0.3, 0.4) is 0 Å². The molecule has 0 amide bonds. The highest BCUT2D eigenvalue weighted by Crippen LogP contribution is 2.27. The first-order valence-corrected chi connectivity index (χ1v) is 6.08. The van der Waals surface area contributed by atoms with Gasteiger partial charge in [0.15, 0.2) is 5.82 Å². The molecule has 0 aliphatic carbocycles. The summed E-state index contributed by atoms with van der Waals surface area (Å²) in [6.45, 7) is 1.81. The number of alkyl halides is 1. The molecule has 84 valence electrons. The highest BCUT2D eigenvalue weighted by molar-refractivity contribution is 9.10. The zero-order valence-corrected chi connectivity index (χ0v) is 11.3. The summed E-state index contributed by atoms with van der Waals surface area (Å²) in [4.78, 5) is 0. The molecule has 7 heteroatoms. The summed E-state index contributed by atoms with van der Waals surface area (Å²) in [5.74, 6) is 0.588. The Hall–Kier alpha value is -0.650. The van der Waals surface area contributed by atoms with Gasteiger partial charge < -0.3 is 0 Å². The minimum atomic E-state index is -0.266. The lowest BCUT2D eigenvalue weighted by Crippen LogP contribution is -2.04. The highest BCUT2D eigenvalue weighted by Gasteiger charge is 2.15. The minimum absolute atomic E-state index is 0.266. The van der Waals surface area contributed by atoms with Gasteiger partial charge in [-0.25, -0.2) is 0 Å². The first-order valence-electron chi connectivity index (χ1n) is 4.47. The number of nitrogens with zero attached hydrogens (tertiary/aromatic N) is 4. The van der Waals surface area contributed by atoms with Crippen LogP contribution >= 0.6 is 39.1 Å². The van der Waals surface area contributed by atoms with Gasteiger partial charge in [-0.15, -0.1) is 16.7 Å². The summed E-state index contributed by atoms with van der Waals surface area (Å²) in [6.07, 6.45) is 0. The summed E-state index contributed by atoms with van der Waals surface area (Å²) in [5, 5.41) is 11.8. The fraction of sp³-hybridized carbons (Fsp3) is 0.222. The average molecular weight is 322 g/mol. The van der Waals surface area contributed by atoms with Gasteiger partial charge in [0.1, 0.15) is 0 Å². The van der Waals surface area contributed by atoms with Crippen molar-refractivity contribution in [1.82, 2.24) is 20.2 Å². The molecule has 0 aliphatic heterocycles. The predicted molar refractivity (Wildman–Crippen MR) is 66.1 cm³/mol. The van der Waals surface area contributed by atoms with Gasteiger partial charge in [-0.2, -0.15) is 4.68 Å². The molecule has 1 heterocycles. The van der Waals surface area contributed by atoms with Crippen molar-refractivity contribution in [3.63, 3.8) is 0 Å². The number of hydrogen-bond donors (Lipinski definition) is 0. The van der Waals surface area contributed by atoms with Crippen LogP contribution in [0.15, 0.2) is 22.7 Å². The van der Waals surface area contributed by atoms with E-state index < -0.39 is 0 Å². The molecule has 0 fully saturated rings. The number of aromatic nitrogens is 4. The van der Waals surface area contributed by atoms with Gasteiger partial charge in [-0.1, -0.05) is 11.6 Å². The monoisotopic (exact) mass is 320 g/mol. The molecule has 0 N–H and O–H groups in total. The van der Waals surface area contributed by atoms with Gasteiger partial charge in [0.2, 0.25) is 0 Å². The SMILES string of the molecule is CC(Cl)c1nnnn1-c1ccc(Cl)cc1Br. The topological polar surface area (TPSA) is 43.6 Å². The molecule has 0 saturated heterocycles. The van der Waals surface area contributed by atoms with Crippen molar-refractivity contribution < 1.29 is 0 Å². The van der Waals surface area contributed by atoms with Crippen molar-refractivity contribution in [3.05, 3.63) is 33.5 Å². The first kappa shape index (κ1) is 11.8. The Morgan fingerprint density at radius 2 is 2.19 bits per heavy atom. The Bertz CT molecular complexity index is 512. The molecule has 1 unspecified atom stereocenters. The van der Waals surface area contributed by atoms with Crippen LogP contribution in [0.25, 0.3) is 5.69 Å². The second kappa shape index (κ2) is 4.69. The van der Waals surface area contributed by atoms with E-state index in [9.17, 15) is 0 Å². The maximum absolute atomic E-state index is 5.98. The first-order chi connectivity index (χ1) is 7.59. The standard InChI is InChI=1S/C9H7BrCl2N4/c1-5(11)9-13-14-15-16(9)8-3-2-6(12)4-7(8)10/h2-5H,1H3. The molecule has 1 atom stereocenters. The van der Waals surface area contributed by atoms with Crippen LogP contribution in [0.5, 0.6) is 0 Å². The fourth-order valence-electron chi connectivity index (χ4n) is 1.27. The fourth-order valence-corrected chi connectivity index (χ4v) is 2.25. The van der Waals surface area contributed by atoms with Gasteiger partial charge in [0, 0.05) is 9.50 Å². The molecule has 4 nitrogen and oxygen atoms in total. The third-order valence-electron chi connectivity index (χ3n) is 1.99. The second-order valence-electron chi connectivity index (χ2n) is 3.16.